The van der Waals surface area contributed by atoms with Crippen molar-refractivity contribution in [3.8, 4) is 0 Å². The summed E-state index contributed by atoms with van der Waals surface area (Å²) in [6.45, 7) is 13.4. The smallest absolute Gasteiger partial charge is 0.272 e. The number of aliphatic hydroxyl groups is 1. The van der Waals surface area contributed by atoms with E-state index in [9.17, 15) is 24.3 Å². The van der Waals surface area contributed by atoms with Gasteiger partial charge in [-0.15, -0.1) is 0 Å². The van der Waals surface area contributed by atoms with Crippen molar-refractivity contribution in [2.24, 2.45) is 29.1 Å². The summed E-state index contributed by atoms with van der Waals surface area (Å²) in [5.41, 5.74) is -0.466. The van der Waals surface area contributed by atoms with E-state index < -0.39 is 23.4 Å². The van der Waals surface area contributed by atoms with Crippen LogP contribution in [0.5, 0.6) is 0 Å². The number of carbonyl (C=O) groups excluding carboxylic acids is 4. The summed E-state index contributed by atoms with van der Waals surface area (Å²) < 4.78 is 0. The zero-order chi connectivity index (χ0) is 37.1. The second-order valence-corrected chi connectivity index (χ2v) is 16.4. The van der Waals surface area contributed by atoms with Gasteiger partial charge in [-0.25, -0.2) is 4.98 Å². The van der Waals surface area contributed by atoms with E-state index >= 15 is 0 Å². The number of likely N-dealkylation sites (tertiary alicyclic amines) is 1. The quantitative estimate of drug-likeness (QED) is 0.153. The molecule has 2 aliphatic carbocycles. The maximum absolute atomic E-state index is 14.8. The van der Waals surface area contributed by atoms with Crippen LogP contribution >= 0.6 is 0 Å². The van der Waals surface area contributed by atoms with Gasteiger partial charge in [0.15, 0.2) is 0 Å². The van der Waals surface area contributed by atoms with Gasteiger partial charge in [-0.1, -0.05) is 73.6 Å². The van der Waals surface area contributed by atoms with E-state index in [0.717, 1.165) is 70.6 Å². The lowest BCUT2D eigenvalue weighted by Gasteiger charge is -2.39. The largest absolute Gasteiger partial charge is 0.396 e. The molecule has 4 rings (SSSR count). The molecule has 12 nitrogen and oxygen atoms in total. The Bertz CT molecular complexity index is 1280. The fourth-order valence-electron chi connectivity index (χ4n) is 8.28. The maximum Gasteiger partial charge on any atom is 0.272 e. The van der Waals surface area contributed by atoms with Crippen LogP contribution in [0, 0.1) is 29.1 Å². The molecule has 0 spiro atoms. The zero-order valence-corrected chi connectivity index (χ0v) is 32.0. The number of aliphatic hydroxyl groups excluding tert-OH is 1. The van der Waals surface area contributed by atoms with Crippen LogP contribution in [0.3, 0.4) is 0 Å². The van der Waals surface area contributed by atoms with Gasteiger partial charge < -0.3 is 31.3 Å². The van der Waals surface area contributed by atoms with Crippen LogP contribution in [0.1, 0.15) is 129 Å². The molecule has 2 heterocycles. The lowest BCUT2D eigenvalue weighted by Crippen LogP contribution is -2.61. The first kappa shape index (κ1) is 40.6. The predicted octanol–water partition coefficient (Wildman–Crippen LogP) is 3.98. The molecule has 1 aromatic heterocycles. The minimum Gasteiger partial charge on any atom is -0.396 e. The third kappa shape index (κ3) is 11.2. The Morgan fingerprint density at radius 2 is 1.69 bits per heavy atom. The number of amides is 4. The molecule has 4 amide bonds. The fraction of sp³-hybridized carbons (Fsp3) is 0.795. The Hall–Kier alpha value is -3.12. The molecule has 1 aromatic rings. The molecule has 4 unspecified atom stereocenters. The van der Waals surface area contributed by atoms with Crippen molar-refractivity contribution in [2.75, 3.05) is 19.7 Å². The van der Waals surface area contributed by atoms with Crippen LogP contribution < -0.4 is 21.3 Å². The first-order valence-corrected chi connectivity index (χ1v) is 19.7. The third-order valence-corrected chi connectivity index (χ3v) is 11.3. The average molecular weight is 712 g/mol. The Morgan fingerprint density at radius 1 is 0.961 bits per heavy atom. The van der Waals surface area contributed by atoms with Crippen LogP contribution in [0.15, 0.2) is 18.6 Å². The number of hydrogen-bond acceptors (Lipinski definition) is 8. The Morgan fingerprint density at radius 3 is 2.27 bits per heavy atom. The summed E-state index contributed by atoms with van der Waals surface area (Å²) in [6.07, 6.45) is 15.0. The third-order valence-electron chi connectivity index (χ3n) is 11.3. The first-order valence-electron chi connectivity index (χ1n) is 19.7. The molecule has 12 heteroatoms. The minimum atomic E-state index is -0.822. The number of carbonyl (C=O) groups is 4. The first-order chi connectivity index (χ1) is 24.4. The van der Waals surface area contributed by atoms with Crippen molar-refractivity contribution in [3.05, 3.63) is 24.3 Å². The van der Waals surface area contributed by atoms with Crippen LogP contribution in [-0.2, 0) is 14.4 Å². The topological polar surface area (TPSA) is 166 Å². The highest BCUT2D eigenvalue weighted by molar-refractivity contribution is 5.97. The monoisotopic (exact) mass is 712 g/mol. The van der Waals surface area contributed by atoms with Gasteiger partial charge in [0.1, 0.15) is 17.8 Å². The van der Waals surface area contributed by atoms with Crippen LogP contribution in [0.4, 0.5) is 0 Å². The summed E-state index contributed by atoms with van der Waals surface area (Å²) in [5.74, 6) is -0.841. The van der Waals surface area contributed by atoms with Crippen LogP contribution in [0.2, 0.25) is 0 Å². The van der Waals surface area contributed by atoms with E-state index in [-0.39, 0.29) is 71.8 Å². The summed E-state index contributed by atoms with van der Waals surface area (Å²) in [4.78, 5) is 65.7. The molecule has 0 radical (unpaired) electrons. The standard InChI is InChI=1S/C39H65N7O5/c1-7-12-28-25(3)24-46(32(28)23-42-30(13-8-2)29(18-21-47)35(48)43-27-16-17-27)38(51)34(39(4,5)6)45-37(50)33(26-14-10-9-11-15-26)44-36(49)31-22-40-19-20-41-31/h19-20,22,25-30,32-34,42,47H,7-18,21,23-24H2,1-6H3,(H,43,48)(H,44,49)(H,45,50)/t25?,28?,29?,30-,32+,33-,34?/m0/s1. The van der Waals surface area contributed by atoms with E-state index in [4.69, 9.17) is 0 Å². The SMILES string of the molecule is CCCC1C(C)CN(C(=O)C(NC(=O)[C@@H](NC(=O)c2cnccn2)C2CCCCC2)C(C)(C)C)[C@@H]1CN[C@@H](CCC)C(CCO)C(=O)NC1CC1. The lowest BCUT2D eigenvalue weighted by atomic mass is 9.82. The number of rotatable bonds is 18. The molecule has 3 fully saturated rings. The highest BCUT2D eigenvalue weighted by Crippen LogP contribution is 2.36. The van der Waals surface area contributed by atoms with Gasteiger partial charge >= 0.3 is 0 Å². The van der Waals surface area contributed by atoms with E-state index in [1.807, 2.05) is 25.7 Å². The van der Waals surface area contributed by atoms with Crippen molar-refractivity contribution in [1.82, 2.24) is 36.1 Å². The van der Waals surface area contributed by atoms with Crippen LogP contribution in [0.25, 0.3) is 0 Å². The van der Waals surface area contributed by atoms with E-state index in [1.165, 1.54) is 18.6 Å². The Balaban J connectivity index is 1.56. The minimum absolute atomic E-state index is 0.00948. The highest BCUT2D eigenvalue weighted by Gasteiger charge is 2.47. The maximum atomic E-state index is 14.8. The molecule has 1 saturated heterocycles. The molecule has 51 heavy (non-hydrogen) atoms. The fourth-order valence-corrected chi connectivity index (χ4v) is 8.28. The van der Waals surface area contributed by atoms with Gasteiger partial charge in [-0.3, -0.25) is 24.2 Å². The summed E-state index contributed by atoms with van der Waals surface area (Å²) in [6, 6.07) is -1.65. The van der Waals surface area contributed by atoms with Gasteiger partial charge in [0.05, 0.1) is 12.1 Å². The van der Waals surface area contributed by atoms with Crippen molar-refractivity contribution in [3.63, 3.8) is 0 Å². The Kier molecular flexibility index (Phi) is 15.2. The van der Waals surface area contributed by atoms with Crippen LogP contribution in [-0.4, -0.2) is 93.5 Å². The van der Waals surface area contributed by atoms with Crippen molar-refractivity contribution in [2.45, 2.75) is 149 Å². The van der Waals surface area contributed by atoms with Crippen molar-refractivity contribution < 1.29 is 24.3 Å². The van der Waals surface area contributed by atoms with Gasteiger partial charge in [-0.05, 0) is 68.1 Å². The van der Waals surface area contributed by atoms with E-state index in [2.05, 4.69) is 52.0 Å². The van der Waals surface area contributed by atoms with Gasteiger partial charge in [0.25, 0.3) is 5.91 Å². The number of nitrogens with zero attached hydrogens (tertiary/aromatic N) is 3. The summed E-state index contributed by atoms with van der Waals surface area (Å²) >= 11 is 0. The molecule has 2 saturated carbocycles. The molecule has 3 aliphatic rings. The molecule has 7 atom stereocenters. The average Bonchev–Trinajstić information content (AvgIpc) is 3.88. The summed E-state index contributed by atoms with van der Waals surface area (Å²) in [7, 11) is 0. The number of hydrogen-bond donors (Lipinski definition) is 5. The molecular formula is C39H65N7O5. The zero-order valence-electron chi connectivity index (χ0n) is 32.0. The normalized spacial score (nSPS) is 23.6. The van der Waals surface area contributed by atoms with Gasteiger partial charge in [-0.2, -0.15) is 0 Å². The van der Waals surface area contributed by atoms with E-state index in [1.54, 1.807) is 0 Å². The molecule has 5 N–H and O–H groups in total. The molecular weight excluding hydrogens is 646 g/mol. The summed E-state index contributed by atoms with van der Waals surface area (Å²) in [5, 5.41) is 22.9. The Labute approximate surface area is 305 Å². The molecule has 0 aromatic carbocycles. The predicted molar refractivity (Wildman–Crippen MR) is 197 cm³/mol. The highest BCUT2D eigenvalue weighted by atomic mass is 16.3. The second-order valence-electron chi connectivity index (χ2n) is 16.4. The molecule has 1 aliphatic heterocycles. The van der Waals surface area contributed by atoms with Crippen molar-refractivity contribution >= 4 is 23.6 Å². The second kappa shape index (κ2) is 19.1. The lowest BCUT2D eigenvalue weighted by molar-refractivity contribution is -0.141. The number of nitrogens with one attached hydrogen (secondary N) is 4. The van der Waals surface area contributed by atoms with Crippen molar-refractivity contribution in [1.29, 1.82) is 0 Å². The number of aromatic nitrogens is 2. The van der Waals surface area contributed by atoms with Gasteiger partial charge in [0, 0.05) is 50.2 Å². The van der Waals surface area contributed by atoms with Gasteiger partial charge in [0.2, 0.25) is 17.7 Å². The molecule has 286 valence electrons. The molecule has 0 bridgehead atoms. The van der Waals surface area contributed by atoms with E-state index in [0.29, 0.717) is 19.5 Å².